The quantitative estimate of drug-likeness (QED) is 0.637. The molecule has 0 unspecified atom stereocenters. The van der Waals surface area contributed by atoms with Crippen LogP contribution in [-0.2, 0) is 20.9 Å². The number of ether oxygens (including phenoxy) is 5. The van der Waals surface area contributed by atoms with Gasteiger partial charge in [-0.1, -0.05) is 12.5 Å². The zero-order chi connectivity index (χ0) is 23.8. The fourth-order valence-electron chi connectivity index (χ4n) is 3.93. The number of methoxy groups -OCH3 is 3. The third kappa shape index (κ3) is 3.24. The van der Waals surface area contributed by atoms with Crippen molar-refractivity contribution in [2.75, 3.05) is 27.9 Å². The molecule has 158 valence electrons. The van der Waals surface area contributed by atoms with E-state index >= 15 is 0 Å². The topological polar surface area (TPSA) is 80.3 Å². The van der Waals surface area contributed by atoms with E-state index in [9.17, 15) is 9.59 Å². The van der Waals surface area contributed by atoms with E-state index in [2.05, 4.69) is 0 Å². The number of hydrogen-bond acceptors (Lipinski definition) is 7. The summed E-state index contributed by atoms with van der Waals surface area (Å²) in [5.74, 6) is -0.415. The van der Waals surface area contributed by atoms with Gasteiger partial charge in [0.25, 0.3) is 0 Å². The molecule has 2 aromatic carbocycles. The van der Waals surface area contributed by atoms with Crippen molar-refractivity contribution in [1.82, 2.24) is 0 Å². The number of hydrogen-bond donors (Lipinski definition) is 0. The lowest BCUT2D eigenvalue weighted by Gasteiger charge is -2.38. The summed E-state index contributed by atoms with van der Waals surface area (Å²) in [7, 11) is 0.0264. The Bertz CT molecular complexity index is 1090. The van der Waals surface area contributed by atoms with E-state index in [4.69, 9.17) is 27.8 Å². The monoisotopic (exact) mass is 415 g/mol. The number of cyclic esters (lactones) is 1. The molecular weight excluding hydrogens is 388 g/mol. The predicted molar refractivity (Wildman–Crippen MR) is 108 cm³/mol. The number of benzene rings is 2. The van der Waals surface area contributed by atoms with E-state index in [-0.39, 0.29) is 42.4 Å². The fraction of sp³-hybridized carbons (Fsp3) is 0.391. The summed E-state index contributed by atoms with van der Waals surface area (Å²) >= 11 is 0. The van der Waals surface area contributed by atoms with Gasteiger partial charge in [-0.3, -0.25) is 4.79 Å². The summed E-state index contributed by atoms with van der Waals surface area (Å²) in [6, 6.07) is 8.37. The molecule has 2 aliphatic rings. The van der Waals surface area contributed by atoms with Crippen molar-refractivity contribution >= 4 is 11.9 Å². The van der Waals surface area contributed by atoms with E-state index in [0.29, 0.717) is 29.5 Å². The molecule has 0 bridgehead atoms. The molecule has 7 heteroatoms. The maximum atomic E-state index is 12.4. The highest BCUT2D eigenvalue weighted by atomic mass is 16.5. The lowest BCUT2D eigenvalue weighted by Crippen LogP contribution is -2.44. The molecule has 1 aliphatic heterocycles. The van der Waals surface area contributed by atoms with Crippen molar-refractivity contribution in [3.8, 4) is 28.4 Å². The average Bonchev–Trinajstić information content (AvgIpc) is 3.11. The largest absolute Gasteiger partial charge is 0.493 e. The molecule has 2 aromatic rings. The second-order valence-corrected chi connectivity index (χ2v) is 7.44. The van der Waals surface area contributed by atoms with Crippen molar-refractivity contribution in [2.24, 2.45) is 5.41 Å². The summed E-state index contributed by atoms with van der Waals surface area (Å²) < 4.78 is 49.2. The Labute approximate surface area is 179 Å². The van der Waals surface area contributed by atoms with Crippen LogP contribution in [0.25, 0.3) is 11.1 Å². The van der Waals surface area contributed by atoms with Crippen LogP contribution in [0, 0.1) is 5.41 Å². The molecule has 0 saturated heterocycles. The number of carbonyl (C=O) groups is 2. The van der Waals surface area contributed by atoms with Gasteiger partial charge in [0.05, 0.1) is 30.9 Å². The molecule has 0 aromatic heterocycles. The van der Waals surface area contributed by atoms with Crippen molar-refractivity contribution in [3.63, 3.8) is 0 Å². The van der Waals surface area contributed by atoms with Gasteiger partial charge in [0, 0.05) is 11.1 Å². The highest BCUT2D eigenvalue weighted by Gasteiger charge is 2.46. The van der Waals surface area contributed by atoms with Gasteiger partial charge in [-0.05, 0) is 42.7 Å². The summed E-state index contributed by atoms with van der Waals surface area (Å²) in [5, 5.41) is 0. The van der Waals surface area contributed by atoms with Crippen molar-refractivity contribution in [1.29, 1.82) is 0 Å². The van der Waals surface area contributed by atoms with Gasteiger partial charge in [0.1, 0.15) is 18.6 Å². The zero-order valence-corrected chi connectivity index (χ0v) is 16.8. The smallest absolute Gasteiger partial charge is 0.338 e. The van der Waals surface area contributed by atoms with Crippen LogP contribution in [0.2, 0.25) is 0 Å². The molecule has 0 spiro atoms. The Morgan fingerprint density at radius 3 is 2.60 bits per heavy atom. The number of fused-ring (bicyclic) bond motifs is 1. The summed E-state index contributed by atoms with van der Waals surface area (Å²) in [6.07, 6.45) is 2.13. The first kappa shape index (κ1) is 16.6. The lowest BCUT2D eigenvalue weighted by molar-refractivity contribution is -0.161. The minimum Gasteiger partial charge on any atom is -0.493 e. The molecule has 0 atom stereocenters. The molecule has 7 nitrogen and oxygen atoms in total. The Kier molecular flexibility index (Phi) is 4.36. The van der Waals surface area contributed by atoms with Gasteiger partial charge >= 0.3 is 11.9 Å². The summed E-state index contributed by atoms with van der Waals surface area (Å²) in [5.41, 5.74) is 1.76. The van der Waals surface area contributed by atoms with Crippen LogP contribution in [0.15, 0.2) is 30.3 Å². The van der Waals surface area contributed by atoms with Crippen LogP contribution in [0.3, 0.4) is 0 Å². The maximum Gasteiger partial charge on any atom is 0.338 e. The van der Waals surface area contributed by atoms with Gasteiger partial charge in [-0.2, -0.15) is 0 Å². The van der Waals surface area contributed by atoms with Crippen molar-refractivity contribution < 1.29 is 37.4 Å². The number of esters is 2. The second-order valence-electron chi connectivity index (χ2n) is 7.44. The normalized spacial score (nSPS) is 18.1. The van der Waals surface area contributed by atoms with Crippen LogP contribution in [0.4, 0.5) is 0 Å². The van der Waals surface area contributed by atoms with Crippen molar-refractivity contribution in [2.45, 2.75) is 25.9 Å². The zero-order valence-electron chi connectivity index (χ0n) is 19.8. The highest BCUT2D eigenvalue weighted by Crippen LogP contribution is 2.48. The molecule has 0 amide bonds. The molecule has 0 radical (unpaired) electrons. The van der Waals surface area contributed by atoms with E-state index in [1.807, 2.05) is 6.07 Å². The molecule has 30 heavy (non-hydrogen) atoms. The van der Waals surface area contributed by atoms with Crippen LogP contribution in [0.1, 0.15) is 39.3 Å². The first-order valence-corrected chi connectivity index (χ1v) is 9.59. The third-order valence-electron chi connectivity index (χ3n) is 5.81. The number of rotatable bonds is 7. The van der Waals surface area contributed by atoms with E-state index in [0.717, 1.165) is 12.0 Å². The molecule has 1 saturated carbocycles. The Hall–Kier alpha value is -3.22. The van der Waals surface area contributed by atoms with Crippen molar-refractivity contribution in [3.05, 3.63) is 41.5 Å². The first-order chi connectivity index (χ1) is 15.7. The van der Waals surface area contributed by atoms with Crippen LogP contribution >= 0.6 is 0 Å². The maximum absolute atomic E-state index is 12.4. The van der Waals surface area contributed by atoms with E-state index < -0.39 is 12.5 Å². The molecule has 1 aliphatic carbocycles. The molecular formula is C23H24O7. The highest BCUT2D eigenvalue weighted by molar-refractivity contribution is 5.94. The molecule has 1 fully saturated rings. The molecule has 4 rings (SSSR count). The Morgan fingerprint density at radius 2 is 1.93 bits per heavy atom. The second kappa shape index (κ2) is 7.89. The minimum atomic E-state index is -2.70. The van der Waals surface area contributed by atoms with Gasteiger partial charge in [-0.25, -0.2) is 4.79 Å². The Balaban J connectivity index is 1.77. The minimum absolute atomic E-state index is 0.0170. The summed E-state index contributed by atoms with van der Waals surface area (Å²) in [4.78, 5) is 24.2. The third-order valence-corrected chi connectivity index (χ3v) is 5.81. The fourth-order valence-corrected chi connectivity index (χ4v) is 3.93. The van der Waals surface area contributed by atoms with Crippen LogP contribution < -0.4 is 14.2 Å². The van der Waals surface area contributed by atoms with Gasteiger partial charge in [0.2, 0.25) is 5.75 Å². The summed E-state index contributed by atoms with van der Waals surface area (Å²) in [6.45, 7) is 0.202. The molecule has 0 N–H and O–H groups in total. The standard InChI is InChI=1S/C23H24O7/c1-26-18-8-7-16(14-5-6-17-15(11-14)12-29-21(17)24)19(20(18)27-2)30-13-23(9-4-10-23)22(25)28-3/h5-8,11H,4,9-10,12-13H2,1-3H3/i1D3. The SMILES string of the molecule is [2H]C([2H])([2H])Oc1ccc(-c2ccc3c(c2)COC3=O)c(OCC2(C(=O)OC)CCC2)c1OC. The first-order valence-electron chi connectivity index (χ1n) is 11.1. The van der Waals surface area contributed by atoms with Gasteiger partial charge in [-0.15, -0.1) is 0 Å². The van der Waals surface area contributed by atoms with E-state index in [1.165, 1.54) is 20.3 Å². The average molecular weight is 415 g/mol. The van der Waals surface area contributed by atoms with Crippen LogP contribution in [0.5, 0.6) is 17.2 Å². The van der Waals surface area contributed by atoms with Gasteiger partial charge < -0.3 is 23.7 Å². The molecule has 1 heterocycles. The Morgan fingerprint density at radius 1 is 1.13 bits per heavy atom. The van der Waals surface area contributed by atoms with E-state index in [1.54, 1.807) is 18.2 Å². The lowest BCUT2D eigenvalue weighted by atomic mass is 9.69. The van der Waals surface area contributed by atoms with Crippen LogP contribution in [-0.4, -0.2) is 39.8 Å². The number of carbonyl (C=O) groups excluding carboxylic acids is 2. The van der Waals surface area contributed by atoms with Gasteiger partial charge in [0.15, 0.2) is 11.5 Å². The predicted octanol–water partition coefficient (Wildman–Crippen LogP) is 3.76.